The van der Waals surface area contributed by atoms with Gasteiger partial charge in [-0.05, 0) is 105 Å². The third-order valence-corrected chi connectivity index (χ3v) is 12.9. The number of rotatable bonds is 1. The summed E-state index contributed by atoms with van der Waals surface area (Å²) in [4.78, 5) is 12.8. The molecule has 5 rings (SSSR count). The summed E-state index contributed by atoms with van der Waals surface area (Å²) >= 11 is 0. The van der Waals surface area contributed by atoms with E-state index < -0.39 is 11.4 Å². The summed E-state index contributed by atoms with van der Waals surface area (Å²) in [5.41, 5.74) is 4.01. The summed E-state index contributed by atoms with van der Waals surface area (Å²) < 4.78 is 0. The van der Waals surface area contributed by atoms with E-state index in [4.69, 9.17) is 0 Å². The monoisotopic (exact) mass is 454 g/mol. The third kappa shape index (κ3) is 2.69. The zero-order valence-electron chi connectivity index (χ0n) is 22.1. The average molecular weight is 455 g/mol. The van der Waals surface area contributed by atoms with Gasteiger partial charge in [0.25, 0.3) is 0 Å². The van der Waals surface area contributed by atoms with Gasteiger partial charge in [-0.15, -0.1) is 0 Å². The lowest BCUT2D eigenvalue weighted by atomic mass is 9.34. The molecule has 0 amide bonds. The van der Waals surface area contributed by atoms with Gasteiger partial charge in [-0.1, -0.05) is 57.4 Å². The highest BCUT2D eigenvalue weighted by Gasteiger charge is 2.68. The Morgan fingerprint density at radius 1 is 0.939 bits per heavy atom. The van der Waals surface area contributed by atoms with Crippen molar-refractivity contribution in [3.8, 4) is 0 Å². The molecule has 33 heavy (non-hydrogen) atoms. The number of aliphatic carboxylic acids is 1. The third-order valence-electron chi connectivity index (χ3n) is 12.9. The lowest BCUT2D eigenvalue weighted by molar-refractivity contribution is -0.202. The Kier molecular flexibility index (Phi) is 5.01. The first-order valence-corrected chi connectivity index (χ1v) is 13.5. The molecule has 8 atom stereocenters. The van der Waals surface area contributed by atoms with E-state index in [-0.39, 0.29) is 33.7 Å². The molecular weight excluding hydrogens is 408 g/mol. The molecule has 0 saturated heterocycles. The number of carbonyl (C=O) groups is 1. The first-order valence-electron chi connectivity index (χ1n) is 13.5. The largest absolute Gasteiger partial charge is 0.481 e. The summed E-state index contributed by atoms with van der Waals surface area (Å²) in [6.07, 6.45) is 11.3. The summed E-state index contributed by atoms with van der Waals surface area (Å²) in [7, 11) is 0. The van der Waals surface area contributed by atoms with Crippen LogP contribution in [0.25, 0.3) is 0 Å². The molecule has 0 unspecified atom stereocenters. The Balaban J connectivity index is 1.64. The fourth-order valence-corrected chi connectivity index (χ4v) is 10.4. The minimum absolute atomic E-state index is 0.0376. The molecular formula is C30H46O3. The number of hydrogen-bond acceptors (Lipinski definition) is 2. The molecule has 0 aliphatic heterocycles. The van der Waals surface area contributed by atoms with E-state index in [2.05, 4.69) is 54.5 Å². The Hall–Kier alpha value is -1.09. The van der Waals surface area contributed by atoms with Crippen LogP contribution < -0.4 is 0 Å². The van der Waals surface area contributed by atoms with Crippen molar-refractivity contribution in [2.75, 3.05) is 0 Å². The lowest BCUT2D eigenvalue weighted by Crippen LogP contribution is -2.64. The van der Waals surface area contributed by atoms with Gasteiger partial charge in [-0.25, -0.2) is 0 Å². The number of aliphatic hydroxyl groups is 1. The predicted molar refractivity (Wildman–Crippen MR) is 133 cm³/mol. The summed E-state index contributed by atoms with van der Waals surface area (Å²) in [5.74, 6) is 0.630. The molecule has 0 spiro atoms. The minimum Gasteiger partial charge on any atom is -0.481 e. The van der Waals surface area contributed by atoms with Crippen molar-refractivity contribution in [3.63, 3.8) is 0 Å². The van der Waals surface area contributed by atoms with Crippen LogP contribution in [0.2, 0.25) is 0 Å². The highest BCUT2D eigenvalue weighted by Crippen LogP contribution is 2.75. The van der Waals surface area contributed by atoms with Gasteiger partial charge in [-0.3, -0.25) is 4.79 Å². The average Bonchev–Trinajstić information content (AvgIpc) is 2.74. The molecule has 3 heteroatoms. The van der Waals surface area contributed by atoms with Gasteiger partial charge in [0, 0.05) is 5.92 Å². The zero-order chi connectivity index (χ0) is 24.2. The molecule has 0 radical (unpaired) electrons. The van der Waals surface area contributed by atoms with Crippen LogP contribution >= 0.6 is 0 Å². The maximum Gasteiger partial charge on any atom is 0.310 e. The SMILES string of the molecule is CC1=C(C)[C@H]2C3=CC[C@H]4[C@@]5(C)CC[C@H](O)C(C)(C)[C@@H]5CC[C@@]4(C)[C@@]3(C)CC[C@@]2(C(=O)O)CC1. The van der Waals surface area contributed by atoms with E-state index in [9.17, 15) is 15.0 Å². The summed E-state index contributed by atoms with van der Waals surface area (Å²) in [6, 6.07) is 0. The van der Waals surface area contributed by atoms with Crippen molar-refractivity contribution in [3.05, 3.63) is 22.8 Å². The molecule has 3 nitrogen and oxygen atoms in total. The van der Waals surface area contributed by atoms with Gasteiger partial charge in [-0.2, -0.15) is 0 Å². The van der Waals surface area contributed by atoms with Gasteiger partial charge in [0.15, 0.2) is 0 Å². The maximum absolute atomic E-state index is 12.8. The zero-order valence-corrected chi connectivity index (χ0v) is 22.1. The molecule has 0 aromatic heterocycles. The van der Waals surface area contributed by atoms with Crippen LogP contribution in [0.4, 0.5) is 0 Å². The molecule has 184 valence electrons. The highest BCUT2D eigenvalue weighted by atomic mass is 16.4. The van der Waals surface area contributed by atoms with Gasteiger partial charge >= 0.3 is 5.97 Å². The highest BCUT2D eigenvalue weighted by molar-refractivity contribution is 5.78. The fraction of sp³-hybridized carbons (Fsp3) is 0.833. The lowest BCUT2D eigenvalue weighted by Gasteiger charge is -2.70. The smallest absolute Gasteiger partial charge is 0.310 e. The standard InChI is InChI=1S/C30H46O3/c1-18-10-15-30(25(32)33)17-16-28(6)20(24(30)19(18)2)8-9-22-27(5)13-12-23(31)26(3,4)21(27)11-14-29(22,28)7/h8,21-24,31H,9-17H2,1-7H3,(H,32,33)/t21-,22-,23-,24-,27-,28-,29+,30-/m0/s1. The van der Waals surface area contributed by atoms with Crippen molar-refractivity contribution in [2.45, 2.75) is 112 Å². The number of hydrogen-bond donors (Lipinski definition) is 2. The molecule has 5 aliphatic rings. The molecule has 0 bridgehead atoms. The van der Waals surface area contributed by atoms with E-state index >= 15 is 0 Å². The van der Waals surface area contributed by atoms with Crippen LogP contribution in [0.1, 0.15) is 106 Å². The first-order chi connectivity index (χ1) is 15.3. The number of aliphatic hydroxyl groups excluding tert-OH is 1. The number of carboxylic acid groups (broad SMARTS) is 1. The first kappa shape index (κ1) is 23.6. The topological polar surface area (TPSA) is 57.5 Å². The van der Waals surface area contributed by atoms with Crippen LogP contribution in [0, 0.1) is 44.8 Å². The van der Waals surface area contributed by atoms with E-state index in [1.54, 1.807) is 0 Å². The molecule has 3 saturated carbocycles. The van der Waals surface area contributed by atoms with Crippen LogP contribution in [0.5, 0.6) is 0 Å². The van der Waals surface area contributed by atoms with Crippen LogP contribution in [-0.2, 0) is 4.79 Å². The Morgan fingerprint density at radius 3 is 2.30 bits per heavy atom. The second-order valence-electron chi connectivity index (χ2n) is 14.0. The van der Waals surface area contributed by atoms with Crippen LogP contribution in [0.3, 0.4) is 0 Å². The molecule has 0 aromatic rings. The molecule has 5 aliphatic carbocycles. The van der Waals surface area contributed by atoms with Crippen molar-refractivity contribution >= 4 is 5.97 Å². The van der Waals surface area contributed by atoms with Crippen LogP contribution in [-0.4, -0.2) is 22.3 Å². The minimum atomic E-state index is -0.615. The number of carboxylic acids is 1. The second kappa shape index (κ2) is 6.99. The van der Waals surface area contributed by atoms with Gasteiger partial charge < -0.3 is 10.2 Å². The molecule has 0 heterocycles. The van der Waals surface area contributed by atoms with E-state index in [0.717, 1.165) is 44.9 Å². The summed E-state index contributed by atoms with van der Waals surface area (Å²) in [5, 5.41) is 21.4. The Labute approximate surface area is 201 Å². The summed E-state index contributed by atoms with van der Waals surface area (Å²) in [6.45, 7) is 16.6. The van der Waals surface area contributed by atoms with E-state index in [1.807, 2.05) is 0 Å². The fourth-order valence-electron chi connectivity index (χ4n) is 10.4. The second-order valence-corrected chi connectivity index (χ2v) is 14.0. The van der Waals surface area contributed by atoms with Crippen molar-refractivity contribution in [1.29, 1.82) is 0 Å². The Bertz CT molecular complexity index is 942. The van der Waals surface area contributed by atoms with Gasteiger partial charge in [0.1, 0.15) is 0 Å². The Morgan fingerprint density at radius 2 is 1.64 bits per heavy atom. The number of fused-ring (bicyclic) bond motifs is 7. The van der Waals surface area contributed by atoms with Crippen molar-refractivity contribution in [1.82, 2.24) is 0 Å². The van der Waals surface area contributed by atoms with Crippen molar-refractivity contribution in [2.24, 2.45) is 44.8 Å². The maximum atomic E-state index is 12.8. The normalized spacial score (nSPS) is 51.0. The predicted octanol–water partition coefficient (Wildman–Crippen LogP) is 7.15. The van der Waals surface area contributed by atoms with E-state index in [1.165, 1.54) is 29.6 Å². The molecule has 2 N–H and O–H groups in total. The quantitative estimate of drug-likeness (QED) is 0.413. The van der Waals surface area contributed by atoms with Gasteiger partial charge in [0.05, 0.1) is 11.5 Å². The van der Waals surface area contributed by atoms with Crippen LogP contribution in [0.15, 0.2) is 22.8 Å². The van der Waals surface area contributed by atoms with Gasteiger partial charge in [0.2, 0.25) is 0 Å². The molecule has 3 fully saturated rings. The van der Waals surface area contributed by atoms with E-state index in [0.29, 0.717) is 11.8 Å². The van der Waals surface area contributed by atoms with Crippen molar-refractivity contribution < 1.29 is 15.0 Å². The number of allylic oxidation sites excluding steroid dienone is 4. The molecule has 0 aromatic carbocycles.